The largest absolute Gasteiger partial charge is 0.487 e. The molecule has 0 saturated carbocycles. The topological polar surface area (TPSA) is 65.3 Å². The molecule has 0 aliphatic carbocycles. The highest BCUT2D eigenvalue weighted by Gasteiger charge is 2.28. The van der Waals surface area contributed by atoms with Gasteiger partial charge in [0.1, 0.15) is 17.6 Å². The summed E-state index contributed by atoms with van der Waals surface area (Å²) < 4.78 is 5.78. The summed E-state index contributed by atoms with van der Waals surface area (Å²) in [6.45, 7) is 3.96. The predicted molar refractivity (Wildman–Crippen MR) is 63.3 cm³/mol. The summed E-state index contributed by atoms with van der Waals surface area (Å²) in [6, 6.07) is 1.62. The maximum absolute atomic E-state index is 10.9. The zero-order valence-corrected chi connectivity index (χ0v) is 9.84. The summed E-state index contributed by atoms with van der Waals surface area (Å²) in [6.07, 6.45) is 6.46. The summed E-state index contributed by atoms with van der Waals surface area (Å²) in [5.74, 6) is 0.579. The maximum atomic E-state index is 10.9. The molecule has 0 atom stereocenters. The molecule has 0 bridgehead atoms. The molecule has 1 aliphatic heterocycles. The lowest BCUT2D eigenvalue weighted by Crippen LogP contribution is -2.26. The first-order chi connectivity index (χ1) is 7.99. The van der Waals surface area contributed by atoms with Crippen LogP contribution in [0.25, 0.3) is 5.76 Å². The molecule has 2 rings (SSSR count). The van der Waals surface area contributed by atoms with Crippen LogP contribution in [0.4, 0.5) is 5.69 Å². The van der Waals surface area contributed by atoms with Crippen LogP contribution >= 0.6 is 0 Å². The molecule has 0 aromatic carbocycles. The minimum atomic E-state index is -0.436. The third kappa shape index (κ3) is 2.43. The summed E-state index contributed by atoms with van der Waals surface area (Å²) >= 11 is 0. The number of hydrogen-bond donors (Lipinski definition) is 0. The molecule has 0 saturated heterocycles. The third-order valence-corrected chi connectivity index (χ3v) is 2.72. The molecule has 1 aromatic rings. The van der Waals surface area contributed by atoms with E-state index in [-0.39, 0.29) is 11.3 Å². The van der Waals surface area contributed by atoms with Crippen molar-refractivity contribution in [3.05, 3.63) is 40.2 Å². The maximum Gasteiger partial charge on any atom is 0.298 e. The first-order valence-electron chi connectivity index (χ1n) is 5.47. The van der Waals surface area contributed by atoms with Crippen LogP contribution in [-0.4, -0.2) is 15.5 Å². The highest BCUT2D eigenvalue weighted by molar-refractivity contribution is 5.68. The molecule has 1 aliphatic rings. The highest BCUT2D eigenvalue weighted by atomic mass is 16.6. The lowest BCUT2D eigenvalue weighted by molar-refractivity contribution is -0.385. The smallest absolute Gasteiger partial charge is 0.298 e. The van der Waals surface area contributed by atoms with Crippen LogP contribution in [0.1, 0.15) is 32.3 Å². The number of aromatic nitrogens is 1. The van der Waals surface area contributed by atoms with E-state index < -0.39 is 4.92 Å². The summed E-state index contributed by atoms with van der Waals surface area (Å²) in [5.41, 5.74) is 0.204. The molecule has 0 radical (unpaired) electrons. The minimum absolute atomic E-state index is 0.0172. The van der Waals surface area contributed by atoms with Crippen molar-refractivity contribution in [2.24, 2.45) is 0 Å². The van der Waals surface area contributed by atoms with Gasteiger partial charge < -0.3 is 4.74 Å². The van der Waals surface area contributed by atoms with Gasteiger partial charge in [-0.15, -0.1) is 0 Å². The zero-order chi connectivity index (χ0) is 12.5. The third-order valence-electron chi connectivity index (χ3n) is 2.72. The Hall–Kier alpha value is -1.91. The van der Waals surface area contributed by atoms with Crippen molar-refractivity contribution in [2.45, 2.75) is 32.3 Å². The van der Waals surface area contributed by atoms with Gasteiger partial charge in [0.15, 0.2) is 0 Å². The van der Waals surface area contributed by atoms with E-state index in [1.165, 1.54) is 12.4 Å². The molecule has 0 N–H and O–H groups in total. The zero-order valence-electron chi connectivity index (χ0n) is 9.84. The van der Waals surface area contributed by atoms with Gasteiger partial charge in [-0.1, -0.05) is 0 Å². The Morgan fingerprint density at radius 3 is 2.94 bits per heavy atom. The molecule has 0 spiro atoms. The summed E-state index contributed by atoms with van der Waals surface area (Å²) in [7, 11) is 0. The summed E-state index contributed by atoms with van der Waals surface area (Å²) in [4.78, 5) is 14.2. The molecule has 0 unspecified atom stereocenters. The number of allylic oxidation sites excluding steroid dienone is 1. The fraction of sp³-hybridized carbons (Fsp3) is 0.417. The van der Waals surface area contributed by atoms with Gasteiger partial charge in [0.05, 0.1) is 10.5 Å². The standard InChI is InChI=1S/C12H14N2O3/c1-12(2)6-3-4-11(17-12)9-5-7-13-8-10(9)14(15)16/h4-5,7-8H,3,6H2,1-2H3. The van der Waals surface area contributed by atoms with Crippen molar-refractivity contribution in [2.75, 3.05) is 0 Å². The Balaban J connectivity index is 2.41. The van der Waals surface area contributed by atoms with Gasteiger partial charge in [0.25, 0.3) is 5.69 Å². The van der Waals surface area contributed by atoms with E-state index >= 15 is 0 Å². The number of hydrogen-bond acceptors (Lipinski definition) is 4. The highest BCUT2D eigenvalue weighted by Crippen LogP contribution is 2.35. The Kier molecular flexibility index (Phi) is 2.83. The molecule has 17 heavy (non-hydrogen) atoms. The number of ether oxygens (including phenoxy) is 1. The van der Waals surface area contributed by atoms with E-state index in [2.05, 4.69) is 4.98 Å². The fourth-order valence-electron chi connectivity index (χ4n) is 1.85. The number of pyridine rings is 1. The van der Waals surface area contributed by atoms with Gasteiger partial charge in [-0.25, -0.2) is 0 Å². The second kappa shape index (κ2) is 4.16. The summed E-state index contributed by atoms with van der Waals surface area (Å²) in [5, 5.41) is 10.9. The lowest BCUT2D eigenvalue weighted by Gasteiger charge is -2.31. The Bertz CT molecular complexity index is 480. The Morgan fingerprint density at radius 2 is 2.29 bits per heavy atom. The molecule has 0 amide bonds. The normalized spacial score (nSPS) is 18.1. The average Bonchev–Trinajstić information content (AvgIpc) is 2.27. The molecule has 90 valence electrons. The van der Waals surface area contributed by atoms with E-state index in [1.807, 2.05) is 19.9 Å². The molecule has 2 heterocycles. The van der Waals surface area contributed by atoms with Crippen LogP contribution < -0.4 is 0 Å². The first kappa shape index (κ1) is 11.6. The Morgan fingerprint density at radius 1 is 1.53 bits per heavy atom. The van der Waals surface area contributed by atoms with Crippen molar-refractivity contribution in [1.29, 1.82) is 0 Å². The van der Waals surface area contributed by atoms with Crippen LogP contribution in [0.5, 0.6) is 0 Å². The SMILES string of the molecule is CC1(C)CCC=C(c2ccncc2[N+](=O)[O-])O1. The van der Waals surface area contributed by atoms with Crippen molar-refractivity contribution in [3.8, 4) is 0 Å². The quantitative estimate of drug-likeness (QED) is 0.583. The first-order valence-corrected chi connectivity index (χ1v) is 5.47. The van der Waals surface area contributed by atoms with Gasteiger partial charge in [-0.3, -0.25) is 15.1 Å². The second-order valence-electron chi connectivity index (χ2n) is 4.62. The number of nitrogens with zero attached hydrogens (tertiary/aromatic N) is 2. The van der Waals surface area contributed by atoms with E-state index in [0.29, 0.717) is 11.3 Å². The Labute approximate surface area is 99.3 Å². The van der Waals surface area contributed by atoms with Crippen LogP contribution in [-0.2, 0) is 4.74 Å². The van der Waals surface area contributed by atoms with Crippen molar-refractivity contribution >= 4 is 11.4 Å². The average molecular weight is 234 g/mol. The van der Waals surface area contributed by atoms with Gasteiger partial charge in [0, 0.05) is 6.20 Å². The van der Waals surface area contributed by atoms with Crippen molar-refractivity contribution in [1.82, 2.24) is 4.98 Å². The molecule has 0 fully saturated rings. The molecular weight excluding hydrogens is 220 g/mol. The molecule has 1 aromatic heterocycles. The van der Waals surface area contributed by atoms with Gasteiger partial charge in [-0.05, 0) is 38.8 Å². The number of rotatable bonds is 2. The van der Waals surface area contributed by atoms with E-state index in [0.717, 1.165) is 12.8 Å². The monoisotopic (exact) mass is 234 g/mol. The van der Waals surface area contributed by atoms with E-state index in [4.69, 9.17) is 4.74 Å². The lowest BCUT2D eigenvalue weighted by atomic mass is 9.98. The van der Waals surface area contributed by atoms with Crippen molar-refractivity contribution in [3.63, 3.8) is 0 Å². The minimum Gasteiger partial charge on any atom is -0.487 e. The van der Waals surface area contributed by atoms with Gasteiger partial charge in [0.2, 0.25) is 0 Å². The van der Waals surface area contributed by atoms with E-state index in [9.17, 15) is 10.1 Å². The van der Waals surface area contributed by atoms with Crippen LogP contribution in [0.15, 0.2) is 24.5 Å². The molecule has 5 nitrogen and oxygen atoms in total. The van der Waals surface area contributed by atoms with Crippen molar-refractivity contribution < 1.29 is 9.66 Å². The predicted octanol–water partition coefficient (Wildman–Crippen LogP) is 2.92. The van der Waals surface area contributed by atoms with Gasteiger partial charge in [-0.2, -0.15) is 0 Å². The van der Waals surface area contributed by atoms with Crippen LogP contribution in [0, 0.1) is 10.1 Å². The molecule has 5 heteroatoms. The number of nitro groups is 1. The second-order valence-corrected chi connectivity index (χ2v) is 4.62. The van der Waals surface area contributed by atoms with Gasteiger partial charge >= 0.3 is 0 Å². The van der Waals surface area contributed by atoms with Crippen LogP contribution in [0.2, 0.25) is 0 Å². The molecular formula is C12H14N2O3. The van der Waals surface area contributed by atoms with Crippen LogP contribution in [0.3, 0.4) is 0 Å². The van der Waals surface area contributed by atoms with E-state index in [1.54, 1.807) is 6.07 Å². The fourth-order valence-corrected chi connectivity index (χ4v) is 1.85.